The van der Waals surface area contributed by atoms with E-state index in [0.29, 0.717) is 18.1 Å². The van der Waals surface area contributed by atoms with Crippen LogP contribution in [0.25, 0.3) is 0 Å². The molecule has 3 rings (SSSR count). The van der Waals surface area contributed by atoms with E-state index < -0.39 is 0 Å². The number of anilines is 1. The van der Waals surface area contributed by atoms with Crippen molar-refractivity contribution in [1.82, 2.24) is 0 Å². The van der Waals surface area contributed by atoms with Crippen LogP contribution in [0.3, 0.4) is 0 Å². The maximum absolute atomic E-state index is 12.4. The summed E-state index contributed by atoms with van der Waals surface area (Å²) in [6.07, 6.45) is 0. The molecule has 0 aliphatic carbocycles. The molecular weight excluding hydrogens is 370 g/mol. The third-order valence-corrected chi connectivity index (χ3v) is 5.05. The molecule has 0 atom stereocenters. The molecule has 4 nitrogen and oxygen atoms in total. The number of thioether (sulfide) groups is 1. The van der Waals surface area contributed by atoms with Gasteiger partial charge in [-0.25, -0.2) is 0 Å². The summed E-state index contributed by atoms with van der Waals surface area (Å²) in [6, 6.07) is 25.4. The maximum Gasteiger partial charge on any atom is 0.262 e. The second-order valence-corrected chi connectivity index (χ2v) is 7.00. The Balaban J connectivity index is 1.58. The first-order valence-corrected chi connectivity index (χ1v) is 10.1. The Bertz CT molecular complexity index is 899. The number of ether oxygens (including phenoxy) is 2. The molecule has 0 heterocycles. The number of nitrogens with one attached hydrogen (secondary N) is 1. The summed E-state index contributed by atoms with van der Waals surface area (Å²) >= 11 is 1.69. The molecule has 0 aliphatic heterocycles. The van der Waals surface area contributed by atoms with Crippen LogP contribution in [0, 0.1) is 0 Å². The van der Waals surface area contributed by atoms with Crippen molar-refractivity contribution in [3.05, 3.63) is 84.4 Å². The van der Waals surface area contributed by atoms with Crippen molar-refractivity contribution in [2.45, 2.75) is 17.6 Å². The summed E-state index contributed by atoms with van der Waals surface area (Å²) in [7, 11) is 0. The minimum Gasteiger partial charge on any atom is -0.490 e. The summed E-state index contributed by atoms with van der Waals surface area (Å²) in [5.41, 5.74) is 2.03. The Morgan fingerprint density at radius 3 is 2.25 bits per heavy atom. The topological polar surface area (TPSA) is 47.6 Å². The van der Waals surface area contributed by atoms with E-state index in [1.807, 2.05) is 67.6 Å². The average molecular weight is 394 g/mol. The predicted octanol–water partition coefficient (Wildman–Crippen LogP) is 5.40. The van der Waals surface area contributed by atoms with E-state index in [-0.39, 0.29) is 12.5 Å². The molecule has 0 spiro atoms. The number of carbonyl (C=O) groups is 1. The van der Waals surface area contributed by atoms with Gasteiger partial charge in [0.15, 0.2) is 18.1 Å². The molecule has 3 aromatic carbocycles. The molecule has 5 heteroatoms. The molecular formula is C23H23NO3S. The highest BCUT2D eigenvalue weighted by atomic mass is 32.2. The number of para-hydroxylation sites is 3. The minimum atomic E-state index is -0.209. The molecule has 0 unspecified atom stereocenters. The Labute approximate surface area is 169 Å². The van der Waals surface area contributed by atoms with Crippen molar-refractivity contribution < 1.29 is 14.3 Å². The van der Waals surface area contributed by atoms with Crippen LogP contribution in [-0.2, 0) is 10.5 Å². The number of hydrogen-bond donors (Lipinski definition) is 1. The van der Waals surface area contributed by atoms with Gasteiger partial charge in [-0.2, -0.15) is 0 Å². The van der Waals surface area contributed by atoms with Crippen LogP contribution in [0.4, 0.5) is 5.69 Å². The fraction of sp³-hybridized carbons (Fsp3) is 0.174. The van der Waals surface area contributed by atoms with Crippen LogP contribution in [0.15, 0.2) is 83.8 Å². The van der Waals surface area contributed by atoms with E-state index in [2.05, 4.69) is 17.4 Å². The van der Waals surface area contributed by atoms with Crippen LogP contribution < -0.4 is 14.8 Å². The summed E-state index contributed by atoms with van der Waals surface area (Å²) in [5, 5.41) is 2.94. The highest BCUT2D eigenvalue weighted by molar-refractivity contribution is 7.98. The van der Waals surface area contributed by atoms with E-state index in [9.17, 15) is 4.79 Å². The zero-order valence-corrected chi connectivity index (χ0v) is 16.6. The zero-order chi connectivity index (χ0) is 19.6. The van der Waals surface area contributed by atoms with E-state index in [1.54, 1.807) is 17.8 Å². The van der Waals surface area contributed by atoms with E-state index in [0.717, 1.165) is 16.3 Å². The molecule has 0 bridgehead atoms. The number of rotatable bonds is 9. The molecule has 0 fully saturated rings. The lowest BCUT2D eigenvalue weighted by Crippen LogP contribution is -2.20. The normalized spacial score (nSPS) is 10.3. The lowest BCUT2D eigenvalue weighted by Gasteiger charge is -2.13. The first-order valence-electron chi connectivity index (χ1n) is 9.16. The number of hydrogen-bond acceptors (Lipinski definition) is 4. The lowest BCUT2D eigenvalue weighted by atomic mass is 10.2. The van der Waals surface area contributed by atoms with Gasteiger partial charge in [-0.05, 0) is 36.8 Å². The minimum absolute atomic E-state index is 0.0816. The third kappa shape index (κ3) is 5.79. The van der Waals surface area contributed by atoms with Gasteiger partial charge in [0.25, 0.3) is 5.91 Å². The first-order chi connectivity index (χ1) is 13.8. The SMILES string of the molecule is CCOc1ccccc1OCC(=O)Nc1ccccc1SCc1ccccc1. The van der Waals surface area contributed by atoms with Crippen LogP contribution in [-0.4, -0.2) is 19.1 Å². The average Bonchev–Trinajstić information content (AvgIpc) is 2.73. The van der Waals surface area contributed by atoms with Crippen LogP contribution >= 0.6 is 11.8 Å². The summed E-state index contributed by atoms with van der Waals surface area (Å²) < 4.78 is 11.2. The van der Waals surface area contributed by atoms with Gasteiger partial charge >= 0.3 is 0 Å². The number of benzene rings is 3. The predicted molar refractivity (Wildman–Crippen MR) is 114 cm³/mol. The van der Waals surface area contributed by atoms with E-state index >= 15 is 0 Å². The molecule has 3 aromatic rings. The standard InChI is InChI=1S/C23H23NO3S/c1-2-26-20-13-7-8-14-21(20)27-16-23(25)24-19-12-6-9-15-22(19)28-17-18-10-4-3-5-11-18/h3-15H,2,16-17H2,1H3,(H,24,25). The van der Waals surface area contributed by atoms with Gasteiger partial charge in [0.05, 0.1) is 12.3 Å². The second-order valence-electron chi connectivity index (χ2n) is 5.99. The van der Waals surface area contributed by atoms with Gasteiger partial charge in [0.1, 0.15) is 0 Å². The molecule has 28 heavy (non-hydrogen) atoms. The van der Waals surface area contributed by atoms with Gasteiger partial charge in [-0.15, -0.1) is 11.8 Å². The van der Waals surface area contributed by atoms with Crippen molar-refractivity contribution in [2.75, 3.05) is 18.5 Å². The Hall–Kier alpha value is -2.92. The Kier molecular flexibility index (Phi) is 7.38. The maximum atomic E-state index is 12.4. The second kappa shape index (κ2) is 10.4. The largest absolute Gasteiger partial charge is 0.490 e. The third-order valence-electron chi connectivity index (χ3n) is 3.91. The lowest BCUT2D eigenvalue weighted by molar-refractivity contribution is -0.118. The van der Waals surface area contributed by atoms with Gasteiger partial charge < -0.3 is 14.8 Å². The molecule has 0 saturated heterocycles. The monoisotopic (exact) mass is 393 g/mol. The smallest absolute Gasteiger partial charge is 0.262 e. The van der Waals surface area contributed by atoms with E-state index in [4.69, 9.17) is 9.47 Å². The summed E-state index contributed by atoms with van der Waals surface area (Å²) in [6.45, 7) is 2.37. The fourth-order valence-electron chi connectivity index (χ4n) is 2.60. The van der Waals surface area contributed by atoms with Crippen molar-refractivity contribution in [2.24, 2.45) is 0 Å². The van der Waals surface area contributed by atoms with Crippen molar-refractivity contribution in [1.29, 1.82) is 0 Å². The van der Waals surface area contributed by atoms with Crippen molar-refractivity contribution in [3.63, 3.8) is 0 Å². The molecule has 144 valence electrons. The van der Waals surface area contributed by atoms with Crippen LogP contribution in [0.1, 0.15) is 12.5 Å². The summed E-state index contributed by atoms with van der Waals surface area (Å²) in [5.74, 6) is 1.83. The van der Waals surface area contributed by atoms with Gasteiger partial charge in [-0.3, -0.25) is 4.79 Å². The highest BCUT2D eigenvalue weighted by Crippen LogP contribution is 2.30. The fourth-order valence-corrected chi connectivity index (χ4v) is 3.57. The van der Waals surface area contributed by atoms with E-state index in [1.165, 1.54) is 5.56 Å². The quantitative estimate of drug-likeness (QED) is 0.495. The molecule has 0 aliphatic rings. The van der Waals surface area contributed by atoms with Crippen molar-refractivity contribution in [3.8, 4) is 11.5 Å². The van der Waals surface area contributed by atoms with Crippen molar-refractivity contribution >= 4 is 23.4 Å². The van der Waals surface area contributed by atoms with Gasteiger partial charge in [0, 0.05) is 10.6 Å². The zero-order valence-electron chi connectivity index (χ0n) is 15.8. The first kappa shape index (κ1) is 19.8. The molecule has 1 N–H and O–H groups in total. The molecule has 1 amide bonds. The molecule has 0 radical (unpaired) electrons. The van der Waals surface area contributed by atoms with Gasteiger partial charge in [0.2, 0.25) is 0 Å². The molecule has 0 aromatic heterocycles. The number of carbonyl (C=O) groups excluding carboxylic acids is 1. The highest BCUT2D eigenvalue weighted by Gasteiger charge is 2.10. The Morgan fingerprint density at radius 1 is 0.857 bits per heavy atom. The molecule has 0 saturated carbocycles. The summed E-state index contributed by atoms with van der Waals surface area (Å²) in [4.78, 5) is 13.4. The number of amides is 1. The van der Waals surface area contributed by atoms with Crippen LogP contribution in [0.2, 0.25) is 0 Å². The van der Waals surface area contributed by atoms with Crippen LogP contribution in [0.5, 0.6) is 11.5 Å². The van der Waals surface area contributed by atoms with Gasteiger partial charge in [-0.1, -0.05) is 54.6 Å². The Morgan fingerprint density at radius 2 is 1.50 bits per heavy atom.